The quantitative estimate of drug-likeness (QED) is 0.670. The lowest BCUT2D eigenvalue weighted by Crippen LogP contribution is -2.38. The molecule has 0 unspecified atom stereocenters. The molecule has 1 aromatic rings. The molecule has 0 aliphatic carbocycles. The Kier molecular flexibility index (Phi) is 5.18. The van der Waals surface area contributed by atoms with Crippen molar-refractivity contribution in [1.82, 2.24) is 4.90 Å². The standard InChI is InChI=1S/C13H17BrN2O3/c14-11-7-10(8-12(15)9-11)13(17)19-6-3-16-1-4-18-5-2-16/h7-9H,1-6,15H2. The van der Waals surface area contributed by atoms with Crippen LogP contribution in [-0.4, -0.2) is 50.3 Å². The van der Waals surface area contributed by atoms with Crippen LogP contribution in [0.3, 0.4) is 0 Å². The highest BCUT2D eigenvalue weighted by atomic mass is 79.9. The zero-order valence-corrected chi connectivity index (χ0v) is 12.2. The van der Waals surface area contributed by atoms with E-state index in [0.717, 1.165) is 37.3 Å². The number of rotatable bonds is 4. The maximum absolute atomic E-state index is 11.8. The minimum Gasteiger partial charge on any atom is -0.461 e. The van der Waals surface area contributed by atoms with Crippen LogP contribution >= 0.6 is 15.9 Å². The SMILES string of the molecule is Nc1cc(Br)cc(C(=O)OCCN2CCOCC2)c1. The average Bonchev–Trinajstić information content (AvgIpc) is 2.38. The highest BCUT2D eigenvalue weighted by molar-refractivity contribution is 9.10. The van der Waals surface area contributed by atoms with Gasteiger partial charge in [-0.3, -0.25) is 4.90 Å². The van der Waals surface area contributed by atoms with Gasteiger partial charge in [-0.05, 0) is 18.2 Å². The highest BCUT2D eigenvalue weighted by Crippen LogP contribution is 2.17. The van der Waals surface area contributed by atoms with Crippen LogP contribution in [0, 0.1) is 0 Å². The average molecular weight is 329 g/mol. The van der Waals surface area contributed by atoms with Gasteiger partial charge in [0.2, 0.25) is 0 Å². The maximum Gasteiger partial charge on any atom is 0.338 e. The molecule has 1 aliphatic heterocycles. The predicted molar refractivity (Wildman–Crippen MR) is 76.1 cm³/mol. The summed E-state index contributed by atoms with van der Waals surface area (Å²) in [6, 6.07) is 5.06. The van der Waals surface area contributed by atoms with Gasteiger partial charge >= 0.3 is 5.97 Å². The molecule has 5 nitrogen and oxygen atoms in total. The number of halogens is 1. The van der Waals surface area contributed by atoms with Crippen LogP contribution in [0.1, 0.15) is 10.4 Å². The van der Waals surface area contributed by atoms with Crippen LogP contribution in [0.15, 0.2) is 22.7 Å². The zero-order valence-electron chi connectivity index (χ0n) is 10.6. The summed E-state index contributed by atoms with van der Waals surface area (Å²) in [6.07, 6.45) is 0. The number of nitrogen functional groups attached to an aromatic ring is 1. The van der Waals surface area contributed by atoms with E-state index in [-0.39, 0.29) is 5.97 Å². The number of ether oxygens (including phenoxy) is 2. The number of esters is 1. The van der Waals surface area contributed by atoms with E-state index in [2.05, 4.69) is 20.8 Å². The Morgan fingerprint density at radius 1 is 1.37 bits per heavy atom. The van der Waals surface area contributed by atoms with Gasteiger partial charge in [-0.25, -0.2) is 4.79 Å². The van der Waals surface area contributed by atoms with E-state index in [0.29, 0.717) is 17.9 Å². The third kappa shape index (κ3) is 4.49. The second-order valence-corrected chi connectivity index (χ2v) is 5.28. The maximum atomic E-state index is 11.8. The molecule has 1 aromatic carbocycles. The summed E-state index contributed by atoms with van der Waals surface area (Å²) in [5.41, 5.74) is 6.69. The van der Waals surface area contributed by atoms with Gasteiger partial charge in [0.1, 0.15) is 6.61 Å². The number of hydrogen-bond donors (Lipinski definition) is 1. The third-order valence-corrected chi connectivity index (χ3v) is 3.36. The van der Waals surface area contributed by atoms with E-state index >= 15 is 0 Å². The van der Waals surface area contributed by atoms with Crippen molar-refractivity contribution in [2.24, 2.45) is 0 Å². The monoisotopic (exact) mass is 328 g/mol. The van der Waals surface area contributed by atoms with Gasteiger partial charge < -0.3 is 15.2 Å². The largest absolute Gasteiger partial charge is 0.461 e. The van der Waals surface area contributed by atoms with Crippen molar-refractivity contribution in [2.75, 3.05) is 45.2 Å². The van der Waals surface area contributed by atoms with Crippen LogP contribution < -0.4 is 5.73 Å². The second kappa shape index (κ2) is 6.88. The Hall–Kier alpha value is -1.11. The van der Waals surface area contributed by atoms with E-state index in [9.17, 15) is 4.79 Å². The Balaban J connectivity index is 1.80. The molecule has 0 radical (unpaired) electrons. The number of hydrogen-bond acceptors (Lipinski definition) is 5. The minimum atomic E-state index is -0.346. The summed E-state index contributed by atoms with van der Waals surface area (Å²) >= 11 is 3.30. The Bertz CT molecular complexity index is 427. The molecule has 1 heterocycles. The highest BCUT2D eigenvalue weighted by Gasteiger charge is 2.12. The molecular formula is C13H17BrN2O3. The lowest BCUT2D eigenvalue weighted by molar-refractivity contribution is 0.0195. The third-order valence-electron chi connectivity index (χ3n) is 2.90. The van der Waals surface area contributed by atoms with E-state index < -0.39 is 0 Å². The number of carbonyl (C=O) groups is 1. The molecule has 2 rings (SSSR count). The molecule has 1 fully saturated rings. The Morgan fingerprint density at radius 3 is 2.79 bits per heavy atom. The van der Waals surface area contributed by atoms with Crippen molar-refractivity contribution in [2.45, 2.75) is 0 Å². The number of anilines is 1. The van der Waals surface area contributed by atoms with Crippen LogP contribution in [-0.2, 0) is 9.47 Å². The van der Waals surface area contributed by atoms with Crippen molar-refractivity contribution in [3.8, 4) is 0 Å². The normalized spacial score (nSPS) is 16.3. The molecule has 0 amide bonds. The number of nitrogens with two attached hydrogens (primary N) is 1. The van der Waals surface area contributed by atoms with E-state index in [1.165, 1.54) is 0 Å². The zero-order chi connectivity index (χ0) is 13.7. The van der Waals surface area contributed by atoms with E-state index in [1.807, 2.05) is 0 Å². The Labute approximate surface area is 120 Å². The second-order valence-electron chi connectivity index (χ2n) is 4.36. The molecule has 0 bridgehead atoms. The van der Waals surface area contributed by atoms with Crippen LogP contribution in [0.2, 0.25) is 0 Å². The summed E-state index contributed by atoms with van der Waals surface area (Å²) in [5, 5.41) is 0. The van der Waals surface area contributed by atoms with Gasteiger partial charge in [0.05, 0.1) is 18.8 Å². The molecule has 19 heavy (non-hydrogen) atoms. The minimum absolute atomic E-state index is 0.346. The molecule has 0 spiro atoms. The van der Waals surface area contributed by atoms with E-state index in [4.69, 9.17) is 15.2 Å². The number of morpholine rings is 1. The lowest BCUT2D eigenvalue weighted by atomic mass is 10.2. The molecule has 6 heteroatoms. The van der Waals surface area contributed by atoms with Crippen molar-refractivity contribution in [1.29, 1.82) is 0 Å². The molecule has 1 saturated heterocycles. The first-order valence-corrected chi connectivity index (χ1v) is 6.98. The fourth-order valence-corrected chi connectivity index (χ4v) is 2.42. The van der Waals surface area contributed by atoms with Crippen molar-refractivity contribution < 1.29 is 14.3 Å². The smallest absolute Gasteiger partial charge is 0.338 e. The van der Waals surface area contributed by atoms with Crippen molar-refractivity contribution >= 4 is 27.6 Å². The predicted octanol–water partition coefficient (Wildman–Crippen LogP) is 1.52. The molecule has 1 aliphatic rings. The van der Waals surface area contributed by atoms with Gasteiger partial charge in [-0.15, -0.1) is 0 Å². The molecule has 0 atom stereocenters. The summed E-state index contributed by atoms with van der Waals surface area (Å²) in [4.78, 5) is 14.1. The van der Waals surface area contributed by atoms with Gasteiger partial charge in [0.15, 0.2) is 0 Å². The first-order chi connectivity index (χ1) is 9.15. The van der Waals surface area contributed by atoms with Crippen LogP contribution in [0.5, 0.6) is 0 Å². The van der Waals surface area contributed by atoms with Gasteiger partial charge in [0, 0.05) is 29.8 Å². The van der Waals surface area contributed by atoms with Crippen LogP contribution in [0.25, 0.3) is 0 Å². The molecular weight excluding hydrogens is 312 g/mol. The van der Waals surface area contributed by atoms with Crippen LogP contribution in [0.4, 0.5) is 5.69 Å². The molecule has 104 valence electrons. The molecule has 2 N–H and O–H groups in total. The van der Waals surface area contributed by atoms with Gasteiger partial charge in [-0.1, -0.05) is 15.9 Å². The summed E-state index contributed by atoms with van der Waals surface area (Å²) in [6.45, 7) is 4.39. The summed E-state index contributed by atoms with van der Waals surface area (Å²) < 4.78 is 11.3. The first-order valence-electron chi connectivity index (χ1n) is 6.18. The lowest BCUT2D eigenvalue weighted by Gasteiger charge is -2.26. The Morgan fingerprint density at radius 2 is 2.11 bits per heavy atom. The molecule has 0 aromatic heterocycles. The van der Waals surface area contributed by atoms with Gasteiger partial charge in [0.25, 0.3) is 0 Å². The van der Waals surface area contributed by atoms with Crippen molar-refractivity contribution in [3.05, 3.63) is 28.2 Å². The number of carbonyl (C=O) groups excluding carboxylic acids is 1. The topological polar surface area (TPSA) is 64.8 Å². The molecule has 0 saturated carbocycles. The van der Waals surface area contributed by atoms with E-state index in [1.54, 1.807) is 18.2 Å². The number of benzene rings is 1. The summed E-state index contributed by atoms with van der Waals surface area (Å²) in [5.74, 6) is -0.346. The summed E-state index contributed by atoms with van der Waals surface area (Å²) in [7, 11) is 0. The van der Waals surface area contributed by atoms with Gasteiger partial charge in [-0.2, -0.15) is 0 Å². The fraction of sp³-hybridized carbons (Fsp3) is 0.462. The van der Waals surface area contributed by atoms with Crippen molar-refractivity contribution in [3.63, 3.8) is 0 Å². The fourth-order valence-electron chi connectivity index (χ4n) is 1.91. The first kappa shape index (κ1) is 14.3. The number of nitrogens with zero attached hydrogens (tertiary/aromatic N) is 1.